The molecule has 0 radical (unpaired) electrons. The summed E-state index contributed by atoms with van der Waals surface area (Å²) in [6, 6.07) is 0. The van der Waals surface area contributed by atoms with Gasteiger partial charge in [0.2, 0.25) is 0 Å². The molecular formula is C11H15Ti-. The van der Waals surface area contributed by atoms with Crippen molar-refractivity contribution < 1.29 is 21.7 Å². The number of allylic oxidation sites excluding steroid dienone is 4. The fourth-order valence-corrected chi connectivity index (χ4v) is 2.33. The molecule has 12 heavy (non-hydrogen) atoms. The van der Waals surface area contributed by atoms with E-state index in [0.717, 1.165) is 0 Å². The van der Waals surface area contributed by atoms with Crippen LogP contribution < -0.4 is 0 Å². The van der Waals surface area contributed by atoms with Crippen molar-refractivity contribution in [2.75, 3.05) is 0 Å². The largest absolute Gasteiger partial charge is 0.266 e. The van der Waals surface area contributed by atoms with Gasteiger partial charge in [-0.25, -0.2) is 5.57 Å². The van der Waals surface area contributed by atoms with E-state index in [1.807, 2.05) is 0 Å². The van der Waals surface area contributed by atoms with Crippen molar-refractivity contribution in [3.05, 3.63) is 22.8 Å². The smallest absolute Gasteiger partial charge is 0 e. The summed E-state index contributed by atoms with van der Waals surface area (Å²) in [5.41, 5.74) is 4.77. The van der Waals surface area contributed by atoms with Gasteiger partial charge in [-0.1, -0.05) is 39.0 Å². The Hall–Kier alpha value is 0.194. The SMILES string of the molecule is CC1=[C-]C(C)C2=C1CCCC2.[Ti]. The molecule has 2 aliphatic carbocycles. The van der Waals surface area contributed by atoms with E-state index in [0.29, 0.717) is 5.92 Å². The Balaban J connectivity index is 0.000000720. The van der Waals surface area contributed by atoms with Crippen LogP contribution in [0.4, 0.5) is 0 Å². The summed E-state index contributed by atoms with van der Waals surface area (Å²) in [5.74, 6) is 0.630. The molecule has 0 bridgehead atoms. The fraction of sp³-hybridized carbons (Fsp3) is 0.636. The third-order valence-corrected chi connectivity index (χ3v) is 2.92. The van der Waals surface area contributed by atoms with Crippen molar-refractivity contribution in [2.45, 2.75) is 39.5 Å². The molecule has 0 saturated carbocycles. The van der Waals surface area contributed by atoms with E-state index in [9.17, 15) is 0 Å². The third kappa shape index (κ3) is 1.60. The van der Waals surface area contributed by atoms with Gasteiger partial charge in [0.05, 0.1) is 0 Å². The van der Waals surface area contributed by atoms with Gasteiger partial charge in [-0.05, 0) is 6.42 Å². The monoisotopic (exact) mass is 195 g/mol. The van der Waals surface area contributed by atoms with E-state index in [1.165, 1.54) is 31.3 Å². The molecule has 0 N–H and O–H groups in total. The van der Waals surface area contributed by atoms with Gasteiger partial charge in [-0.3, -0.25) is 6.08 Å². The molecule has 1 unspecified atom stereocenters. The first-order valence-electron chi connectivity index (χ1n) is 4.61. The molecule has 0 aliphatic heterocycles. The summed E-state index contributed by atoms with van der Waals surface area (Å²) in [6.45, 7) is 4.49. The summed E-state index contributed by atoms with van der Waals surface area (Å²) >= 11 is 0. The number of hydrogen-bond donors (Lipinski definition) is 0. The zero-order valence-electron chi connectivity index (χ0n) is 7.91. The van der Waals surface area contributed by atoms with Crippen molar-refractivity contribution in [3.63, 3.8) is 0 Å². The van der Waals surface area contributed by atoms with Crippen LogP contribution in [-0.4, -0.2) is 0 Å². The van der Waals surface area contributed by atoms with Gasteiger partial charge >= 0.3 is 0 Å². The summed E-state index contributed by atoms with van der Waals surface area (Å²) in [6.07, 6.45) is 8.95. The van der Waals surface area contributed by atoms with Crippen LogP contribution in [0.15, 0.2) is 16.7 Å². The van der Waals surface area contributed by atoms with E-state index in [-0.39, 0.29) is 21.7 Å². The van der Waals surface area contributed by atoms with Gasteiger partial charge in [-0.15, -0.1) is 0 Å². The van der Waals surface area contributed by atoms with E-state index in [4.69, 9.17) is 0 Å². The molecular weight excluding hydrogens is 180 g/mol. The Morgan fingerprint density at radius 1 is 1.25 bits per heavy atom. The molecule has 0 saturated heterocycles. The summed E-state index contributed by atoms with van der Waals surface area (Å²) in [7, 11) is 0. The van der Waals surface area contributed by atoms with Crippen LogP contribution in [0.3, 0.4) is 0 Å². The first-order valence-corrected chi connectivity index (χ1v) is 4.61. The normalized spacial score (nSPS) is 27.8. The van der Waals surface area contributed by atoms with Gasteiger partial charge in [0, 0.05) is 21.7 Å². The van der Waals surface area contributed by atoms with E-state index >= 15 is 0 Å². The number of rotatable bonds is 0. The average molecular weight is 195 g/mol. The van der Waals surface area contributed by atoms with Crippen molar-refractivity contribution >= 4 is 0 Å². The van der Waals surface area contributed by atoms with E-state index in [1.54, 1.807) is 11.1 Å². The Morgan fingerprint density at radius 2 is 1.92 bits per heavy atom. The van der Waals surface area contributed by atoms with Gasteiger partial charge in [0.1, 0.15) is 0 Å². The zero-order chi connectivity index (χ0) is 7.84. The minimum Gasteiger partial charge on any atom is -0.266 e. The molecule has 0 aromatic carbocycles. The van der Waals surface area contributed by atoms with Crippen LogP contribution in [0.25, 0.3) is 0 Å². The maximum atomic E-state index is 3.50. The molecule has 0 aromatic heterocycles. The van der Waals surface area contributed by atoms with E-state index in [2.05, 4.69) is 19.9 Å². The van der Waals surface area contributed by atoms with E-state index < -0.39 is 0 Å². The third-order valence-electron chi connectivity index (χ3n) is 2.92. The fourth-order valence-electron chi connectivity index (χ4n) is 2.33. The average Bonchev–Trinajstić information content (AvgIpc) is 2.30. The Kier molecular flexibility index (Phi) is 3.37. The predicted molar refractivity (Wildman–Crippen MR) is 47.1 cm³/mol. The minimum absolute atomic E-state index is 0. The maximum absolute atomic E-state index is 3.50. The molecule has 0 fully saturated rings. The van der Waals surface area contributed by atoms with Gasteiger partial charge in [-0.2, -0.15) is 11.1 Å². The van der Waals surface area contributed by atoms with Gasteiger partial charge in [0.15, 0.2) is 0 Å². The standard InChI is InChI=1S/C11H15.Ti/c1-8-7-9(2)11-6-4-3-5-10(8)11;/h8H,3-6H2,1-2H3;/q-1;. The number of hydrogen-bond acceptors (Lipinski definition) is 0. The molecule has 0 heterocycles. The van der Waals surface area contributed by atoms with Crippen molar-refractivity contribution in [2.24, 2.45) is 5.92 Å². The second kappa shape index (κ2) is 3.93. The Morgan fingerprint density at radius 3 is 2.58 bits per heavy atom. The molecule has 0 spiro atoms. The molecule has 1 heteroatoms. The first kappa shape index (κ1) is 10.3. The van der Waals surface area contributed by atoms with Crippen LogP contribution in [-0.2, 0) is 21.7 Å². The van der Waals surface area contributed by atoms with Crippen LogP contribution in [0, 0.1) is 12.0 Å². The Bertz CT molecular complexity index is 235. The molecule has 0 amide bonds. The zero-order valence-corrected chi connectivity index (χ0v) is 9.47. The molecule has 64 valence electrons. The molecule has 1 atom stereocenters. The quantitative estimate of drug-likeness (QED) is 0.411. The maximum Gasteiger partial charge on any atom is 0 e. The second-order valence-corrected chi connectivity index (χ2v) is 3.70. The van der Waals surface area contributed by atoms with Crippen LogP contribution in [0.5, 0.6) is 0 Å². The van der Waals surface area contributed by atoms with Gasteiger partial charge < -0.3 is 0 Å². The summed E-state index contributed by atoms with van der Waals surface area (Å²) in [5, 5.41) is 0. The molecule has 2 rings (SSSR count). The second-order valence-electron chi connectivity index (χ2n) is 3.70. The summed E-state index contributed by atoms with van der Waals surface area (Å²) < 4.78 is 0. The van der Waals surface area contributed by atoms with Crippen LogP contribution >= 0.6 is 0 Å². The molecule has 0 aromatic rings. The summed E-state index contributed by atoms with van der Waals surface area (Å²) in [4.78, 5) is 0. The molecule has 0 nitrogen and oxygen atoms in total. The minimum atomic E-state index is 0. The Labute approximate surface area is 90.0 Å². The van der Waals surface area contributed by atoms with Crippen LogP contribution in [0.1, 0.15) is 39.5 Å². The van der Waals surface area contributed by atoms with Crippen molar-refractivity contribution in [1.29, 1.82) is 0 Å². The van der Waals surface area contributed by atoms with Crippen molar-refractivity contribution in [3.8, 4) is 0 Å². The van der Waals surface area contributed by atoms with Gasteiger partial charge in [0.25, 0.3) is 0 Å². The van der Waals surface area contributed by atoms with Crippen molar-refractivity contribution in [1.82, 2.24) is 0 Å². The topological polar surface area (TPSA) is 0 Å². The molecule has 2 aliphatic rings. The predicted octanol–water partition coefficient (Wildman–Crippen LogP) is 3.25. The van der Waals surface area contributed by atoms with Crippen LogP contribution in [0.2, 0.25) is 0 Å². The first-order chi connectivity index (χ1) is 5.29.